The molecule has 3 rings (SSSR count). The molecule has 0 saturated heterocycles. The Morgan fingerprint density at radius 2 is 1.95 bits per heavy atom. The van der Waals surface area contributed by atoms with Crippen LogP contribution in [0.4, 0.5) is 5.69 Å². The predicted molar refractivity (Wildman–Crippen MR) is 87.9 cm³/mol. The van der Waals surface area contributed by atoms with Gasteiger partial charge in [-0.2, -0.15) is 5.10 Å². The van der Waals surface area contributed by atoms with Crippen LogP contribution in [0.25, 0.3) is 0 Å². The van der Waals surface area contributed by atoms with Gasteiger partial charge in [-0.3, -0.25) is 14.8 Å². The first kappa shape index (κ1) is 15.5. The minimum atomic E-state index is 0.0961. The van der Waals surface area contributed by atoms with Crippen molar-refractivity contribution in [1.29, 1.82) is 0 Å². The second-order valence-corrected chi connectivity index (χ2v) is 7.02. The molecule has 0 spiro atoms. The summed E-state index contributed by atoms with van der Waals surface area (Å²) in [6, 6.07) is 0.603. The average molecular weight is 304 g/mol. The third kappa shape index (κ3) is 3.88. The van der Waals surface area contributed by atoms with Crippen LogP contribution in [0, 0.1) is 19.8 Å². The van der Waals surface area contributed by atoms with E-state index in [4.69, 9.17) is 0 Å². The van der Waals surface area contributed by atoms with E-state index in [1.54, 1.807) is 0 Å². The molecule has 2 aliphatic rings. The highest BCUT2D eigenvalue weighted by atomic mass is 16.2. The Balaban J connectivity index is 1.60. The maximum absolute atomic E-state index is 12.5. The van der Waals surface area contributed by atoms with Crippen molar-refractivity contribution in [3.63, 3.8) is 0 Å². The number of aromatic amines is 1. The quantitative estimate of drug-likeness (QED) is 0.849. The second-order valence-electron chi connectivity index (χ2n) is 7.02. The average Bonchev–Trinajstić information content (AvgIpc) is 3.29. The highest BCUT2D eigenvalue weighted by Crippen LogP contribution is 2.32. The van der Waals surface area contributed by atoms with Gasteiger partial charge in [0.2, 0.25) is 5.91 Å². The Kier molecular flexibility index (Phi) is 4.81. The fraction of sp³-hybridized carbons (Fsp3) is 0.765. The molecule has 1 aromatic heterocycles. The molecule has 0 unspecified atom stereocenters. The van der Waals surface area contributed by atoms with Gasteiger partial charge >= 0.3 is 0 Å². The van der Waals surface area contributed by atoms with Crippen LogP contribution >= 0.6 is 0 Å². The van der Waals surface area contributed by atoms with Gasteiger partial charge in [0.15, 0.2) is 0 Å². The number of carbonyl (C=O) groups excluding carboxylic acids is 1. The summed E-state index contributed by atoms with van der Waals surface area (Å²) in [5.41, 5.74) is 2.63. The monoisotopic (exact) mass is 304 g/mol. The Hall–Kier alpha value is -1.36. The van der Waals surface area contributed by atoms with Crippen LogP contribution < -0.4 is 5.32 Å². The highest BCUT2D eigenvalue weighted by molar-refractivity contribution is 5.93. The number of amides is 1. The van der Waals surface area contributed by atoms with Crippen molar-refractivity contribution in [3.8, 4) is 0 Å². The van der Waals surface area contributed by atoms with Crippen LogP contribution in [0.3, 0.4) is 0 Å². The Morgan fingerprint density at radius 1 is 1.23 bits per heavy atom. The van der Waals surface area contributed by atoms with Crippen molar-refractivity contribution in [3.05, 3.63) is 11.4 Å². The molecule has 1 heterocycles. The van der Waals surface area contributed by atoms with Gasteiger partial charge in [0.05, 0.1) is 23.6 Å². The molecule has 122 valence electrons. The van der Waals surface area contributed by atoms with Crippen LogP contribution in [0.1, 0.15) is 56.3 Å². The fourth-order valence-corrected chi connectivity index (χ4v) is 3.52. The molecule has 1 aromatic rings. The molecule has 0 bridgehead atoms. The normalized spacial score (nSPS) is 19.6. The van der Waals surface area contributed by atoms with Crippen molar-refractivity contribution in [2.45, 2.75) is 64.8 Å². The Labute approximate surface area is 132 Å². The molecular weight excluding hydrogens is 276 g/mol. The zero-order chi connectivity index (χ0) is 15.5. The first-order valence-corrected chi connectivity index (χ1v) is 8.69. The number of hydrogen-bond acceptors (Lipinski definition) is 3. The number of aromatic nitrogens is 2. The summed E-state index contributed by atoms with van der Waals surface area (Å²) in [6.07, 6.45) is 9.16. The third-order valence-corrected chi connectivity index (χ3v) is 5.02. The third-order valence-electron chi connectivity index (χ3n) is 5.02. The second kappa shape index (κ2) is 6.82. The Morgan fingerprint density at radius 3 is 2.55 bits per heavy atom. The number of aryl methyl sites for hydroxylation is 2. The molecule has 1 amide bonds. The molecule has 2 saturated carbocycles. The van der Waals surface area contributed by atoms with Gasteiger partial charge in [-0.15, -0.1) is 0 Å². The lowest BCUT2D eigenvalue weighted by molar-refractivity contribution is -0.118. The maximum Gasteiger partial charge on any atom is 0.238 e. The minimum absolute atomic E-state index is 0.0961. The highest BCUT2D eigenvalue weighted by Gasteiger charge is 2.30. The van der Waals surface area contributed by atoms with Crippen molar-refractivity contribution >= 4 is 11.6 Å². The molecule has 22 heavy (non-hydrogen) atoms. The summed E-state index contributed by atoms with van der Waals surface area (Å²) in [4.78, 5) is 14.9. The number of hydrogen-bond donors (Lipinski definition) is 2. The molecule has 0 aromatic carbocycles. The van der Waals surface area contributed by atoms with E-state index < -0.39 is 0 Å². The summed E-state index contributed by atoms with van der Waals surface area (Å²) in [6.45, 7) is 5.48. The molecule has 2 fully saturated rings. The number of rotatable bonds is 6. The summed E-state index contributed by atoms with van der Waals surface area (Å²) in [5, 5.41) is 10.1. The zero-order valence-electron chi connectivity index (χ0n) is 13.8. The van der Waals surface area contributed by atoms with Crippen LogP contribution in [0.2, 0.25) is 0 Å². The Bertz CT molecular complexity index is 495. The molecule has 5 nitrogen and oxygen atoms in total. The summed E-state index contributed by atoms with van der Waals surface area (Å²) in [5.74, 6) is 0.922. The number of anilines is 1. The molecular formula is C17H28N4O. The van der Waals surface area contributed by atoms with Gasteiger partial charge in [0.25, 0.3) is 0 Å². The summed E-state index contributed by atoms with van der Waals surface area (Å²) < 4.78 is 0. The first-order chi connectivity index (χ1) is 10.6. The van der Waals surface area contributed by atoms with E-state index in [0.29, 0.717) is 12.6 Å². The van der Waals surface area contributed by atoms with Gasteiger partial charge in [0, 0.05) is 12.6 Å². The van der Waals surface area contributed by atoms with E-state index in [2.05, 4.69) is 20.4 Å². The molecule has 0 atom stereocenters. The van der Waals surface area contributed by atoms with Crippen molar-refractivity contribution < 1.29 is 4.79 Å². The zero-order valence-corrected chi connectivity index (χ0v) is 13.8. The summed E-state index contributed by atoms with van der Waals surface area (Å²) >= 11 is 0. The van der Waals surface area contributed by atoms with Gasteiger partial charge < -0.3 is 5.32 Å². The molecule has 0 radical (unpaired) electrons. The van der Waals surface area contributed by atoms with E-state index in [0.717, 1.165) is 29.5 Å². The van der Waals surface area contributed by atoms with Gasteiger partial charge in [-0.25, -0.2) is 0 Å². The van der Waals surface area contributed by atoms with Crippen molar-refractivity contribution in [1.82, 2.24) is 15.1 Å². The molecule has 0 aliphatic heterocycles. The van der Waals surface area contributed by atoms with E-state index in [9.17, 15) is 4.79 Å². The van der Waals surface area contributed by atoms with Crippen molar-refractivity contribution in [2.75, 3.05) is 18.4 Å². The van der Waals surface area contributed by atoms with Crippen molar-refractivity contribution in [2.24, 2.45) is 5.92 Å². The largest absolute Gasteiger partial charge is 0.322 e. The van der Waals surface area contributed by atoms with Gasteiger partial charge in [-0.05, 0) is 45.4 Å². The van der Waals surface area contributed by atoms with Crippen LogP contribution in [0.15, 0.2) is 0 Å². The van der Waals surface area contributed by atoms with Gasteiger partial charge in [0.1, 0.15) is 0 Å². The van der Waals surface area contributed by atoms with E-state index in [-0.39, 0.29) is 5.91 Å². The number of carbonyl (C=O) groups is 1. The van der Waals surface area contributed by atoms with Crippen LogP contribution in [0.5, 0.6) is 0 Å². The summed E-state index contributed by atoms with van der Waals surface area (Å²) in [7, 11) is 0. The SMILES string of the molecule is Cc1n[nH]c(C)c1NC(=O)CN(CC1CC1)C1CCCCC1. The topological polar surface area (TPSA) is 61.0 Å². The number of H-pyrrole nitrogens is 1. The standard InChI is InChI=1S/C17H28N4O/c1-12-17(13(2)20-19-12)18-16(22)11-21(10-14-8-9-14)15-6-4-3-5-7-15/h14-15H,3-11H2,1-2H3,(H,18,22)(H,19,20). The van der Waals surface area contributed by atoms with Crippen LogP contribution in [-0.4, -0.2) is 40.1 Å². The lowest BCUT2D eigenvalue weighted by atomic mass is 9.94. The molecule has 5 heteroatoms. The first-order valence-electron chi connectivity index (χ1n) is 8.69. The predicted octanol–water partition coefficient (Wildman–Crippen LogP) is 3.01. The molecule has 2 N–H and O–H groups in total. The lowest BCUT2D eigenvalue weighted by Crippen LogP contribution is -2.43. The maximum atomic E-state index is 12.5. The van der Waals surface area contributed by atoms with Crippen LogP contribution in [-0.2, 0) is 4.79 Å². The van der Waals surface area contributed by atoms with E-state index in [1.165, 1.54) is 44.9 Å². The van der Waals surface area contributed by atoms with Gasteiger partial charge in [-0.1, -0.05) is 19.3 Å². The number of nitrogens with one attached hydrogen (secondary N) is 2. The lowest BCUT2D eigenvalue weighted by Gasteiger charge is -2.34. The smallest absolute Gasteiger partial charge is 0.238 e. The molecule has 2 aliphatic carbocycles. The fourth-order valence-electron chi connectivity index (χ4n) is 3.52. The minimum Gasteiger partial charge on any atom is -0.322 e. The van der Waals surface area contributed by atoms with E-state index in [1.807, 2.05) is 13.8 Å². The van der Waals surface area contributed by atoms with E-state index >= 15 is 0 Å². The number of nitrogens with zero attached hydrogens (tertiary/aromatic N) is 2.